The molecule has 1 unspecified atom stereocenters. The number of carbonyl (C=O) groups is 1. The molecule has 208 valence electrons. The maximum Gasteiger partial charge on any atom is 0.410 e. The zero-order chi connectivity index (χ0) is 28.0. The summed E-state index contributed by atoms with van der Waals surface area (Å²) in [7, 11) is -2.00. The number of likely N-dealkylation sites (tertiary alicyclic amines) is 1. The largest absolute Gasteiger partial charge is 0.463 e. The number of hydrogen-bond donors (Lipinski definition) is 0. The number of hydrogen-bond acceptors (Lipinski definition) is 6. The van der Waals surface area contributed by atoms with Gasteiger partial charge in [-0.2, -0.15) is 0 Å². The number of nitrogens with zero attached hydrogens (tertiary/aromatic N) is 3. The Kier molecular flexibility index (Phi) is 9.02. The maximum atomic E-state index is 15.3. The SMILES string of the molecule is CC(C)(C)[Si](C)(C)OCc1cccc(-c2cnc(OCC3CCN(C(=O)OCc4ccccc4)C3)nc2)c1F. The van der Waals surface area contributed by atoms with Gasteiger partial charge in [0.15, 0.2) is 8.32 Å². The van der Waals surface area contributed by atoms with Gasteiger partial charge in [0, 0.05) is 48.1 Å². The molecule has 0 N–H and O–H groups in total. The summed E-state index contributed by atoms with van der Waals surface area (Å²) < 4.78 is 32.8. The van der Waals surface area contributed by atoms with Crippen LogP contribution < -0.4 is 4.74 Å². The van der Waals surface area contributed by atoms with Crippen molar-refractivity contribution in [2.24, 2.45) is 5.92 Å². The van der Waals surface area contributed by atoms with Gasteiger partial charge >= 0.3 is 12.1 Å². The monoisotopic (exact) mass is 551 g/mol. The molecule has 1 aromatic heterocycles. The van der Waals surface area contributed by atoms with E-state index < -0.39 is 8.32 Å². The normalized spacial score (nSPS) is 15.8. The highest BCUT2D eigenvalue weighted by molar-refractivity contribution is 6.74. The van der Waals surface area contributed by atoms with E-state index in [9.17, 15) is 4.79 Å². The fourth-order valence-electron chi connectivity index (χ4n) is 4.06. The Labute approximate surface area is 231 Å². The first-order valence-corrected chi connectivity index (χ1v) is 16.3. The van der Waals surface area contributed by atoms with Crippen LogP contribution >= 0.6 is 0 Å². The Bertz CT molecular complexity index is 1250. The summed E-state index contributed by atoms with van der Waals surface area (Å²) in [5.41, 5.74) is 2.47. The molecule has 0 radical (unpaired) electrons. The standard InChI is InChI=1S/C30H38FN3O4Si/c1-30(2,3)39(4,5)38-21-24-12-9-13-26(27(24)31)25-16-32-28(33-17-25)36-20-23-14-15-34(18-23)29(35)37-19-22-10-7-6-8-11-22/h6-13,16-17,23H,14-15,18-21H2,1-5H3. The molecule has 1 aliphatic heterocycles. The van der Waals surface area contributed by atoms with Crippen LogP contribution in [0.25, 0.3) is 11.1 Å². The zero-order valence-electron chi connectivity index (χ0n) is 23.4. The van der Waals surface area contributed by atoms with Crippen molar-refractivity contribution in [3.05, 3.63) is 77.9 Å². The van der Waals surface area contributed by atoms with Gasteiger partial charge in [-0.05, 0) is 30.1 Å². The molecule has 1 amide bonds. The van der Waals surface area contributed by atoms with Gasteiger partial charge < -0.3 is 18.8 Å². The number of aromatic nitrogens is 2. The first kappa shape index (κ1) is 28.7. The van der Waals surface area contributed by atoms with E-state index in [1.54, 1.807) is 29.4 Å². The van der Waals surface area contributed by atoms with Crippen molar-refractivity contribution >= 4 is 14.4 Å². The van der Waals surface area contributed by atoms with Crippen LogP contribution in [0.1, 0.15) is 38.3 Å². The van der Waals surface area contributed by atoms with Crippen LogP contribution in [0.5, 0.6) is 6.01 Å². The van der Waals surface area contributed by atoms with Crippen molar-refractivity contribution in [3.63, 3.8) is 0 Å². The molecule has 1 atom stereocenters. The minimum Gasteiger partial charge on any atom is -0.463 e. The lowest BCUT2D eigenvalue weighted by Crippen LogP contribution is -2.40. The molecule has 2 heterocycles. The highest BCUT2D eigenvalue weighted by Gasteiger charge is 2.37. The van der Waals surface area contributed by atoms with E-state index in [-0.39, 0.29) is 42.1 Å². The van der Waals surface area contributed by atoms with E-state index in [0.717, 1.165) is 12.0 Å². The molecule has 7 nitrogen and oxygen atoms in total. The second-order valence-corrected chi connectivity index (χ2v) is 16.3. The van der Waals surface area contributed by atoms with E-state index in [1.807, 2.05) is 36.4 Å². The van der Waals surface area contributed by atoms with Crippen LogP contribution in [0.15, 0.2) is 60.9 Å². The maximum absolute atomic E-state index is 15.3. The average molecular weight is 552 g/mol. The summed E-state index contributed by atoms with van der Waals surface area (Å²) in [6.45, 7) is 12.9. The topological polar surface area (TPSA) is 73.8 Å². The minimum atomic E-state index is -2.00. The van der Waals surface area contributed by atoms with Crippen molar-refractivity contribution in [1.29, 1.82) is 0 Å². The molecule has 1 aliphatic rings. The fourth-order valence-corrected chi connectivity index (χ4v) is 5.01. The van der Waals surface area contributed by atoms with Crippen molar-refractivity contribution in [3.8, 4) is 17.1 Å². The average Bonchev–Trinajstić information content (AvgIpc) is 3.40. The molecule has 0 spiro atoms. The summed E-state index contributed by atoms with van der Waals surface area (Å²) in [6, 6.07) is 15.1. The molecular weight excluding hydrogens is 513 g/mol. The van der Waals surface area contributed by atoms with Crippen molar-refractivity contribution in [1.82, 2.24) is 14.9 Å². The van der Waals surface area contributed by atoms with Crippen molar-refractivity contribution in [2.75, 3.05) is 19.7 Å². The molecule has 1 fully saturated rings. The first-order chi connectivity index (χ1) is 18.5. The number of ether oxygens (including phenoxy) is 2. The van der Waals surface area contributed by atoms with Crippen LogP contribution in [0.3, 0.4) is 0 Å². The van der Waals surface area contributed by atoms with Gasteiger partial charge in [-0.1, -0.05) is 69.3 Å². The van der Waals surface area contributed by atoms with Crippen LogP contribution in [0, 0.1) is 11.7 Å². The smallest absolute Gasteiger partial charge is 0.410 e. The van der Waals surface area contributed by atoms with Crippen LogP contribution in [0.4, 0.5) is 9.18 Å². The number of halogens is 1. The van der Waals surface area contributed by atoms with Crippen LogP contribution in [-0.4, -0.2) is 49.0 Å². The molecule has 1 saturated heterocycles. The molecule has 39 heavy (non-hydrogen) atoms. The van der Waals surface area contributed by atoms with Crippen molar-refractivity contribution in [2.45, 2.75) is 58.5 Å². The summed E-state index contributed by atoms with van der Waals surface area (Å²) >= 11 is 0. The summed E-state index contributed by atoms with van der Waals surface area (Å²) in [4.78, 5) is 22.7. The van der Waals surface area contributed by atoms with E-state index in [1.165, 1.54) is 0 Å². The summed E-state index contributed by atoms with van der Waals surface area (Å²) in [5.74, 6) is -0.161. The van der Waals surface area contributed by atoms with Gasteiger partial charge in [-0.25, -0.2) is 19.2 Å². The number of carbonyl (C=O) groups excluding carboxylic acids is 1. The Morgan fingerprint density at radius 1 is 1.05 bits per heavy atom. The van der Waals surface area contributed by atoms with Gasteiger partial charge in [0.1, 0.15) is 12.4 Å². The second-order valence-electron chi connectivity index (χ2n) is 11.5. The van der Waals surface area contributed by atoms with Crippen LogP contribution in [0.2, 0.25) is 18.1 Å². The predicted molar refractivity (Wildman–Crippen MR) is 151 cm³/mol. The van der Waals surface area contributed by atoms with E-state index >= 15 is 4.39 Å². The molecule has 9 heteroatoms. The molecule has 2 aromatic carbocycles. The Morgan fingerprint density at radius 3 is 2.46 bits per heavy atom. The van der Waals surface area contributed by atoms with Gasteiger partial charge in [0.05, 0.1) is 13.2 Å². The van der Waals surface area contributed by atoms with Gasteiger partial charge in [0.2, 0.25) is 0 Å². The quantitative estimate of drug-likeness (QED) is 0.271. The third-order valence-electron chi connectivity index (χ3n) is 7.61. The Balaban J connectivity index is 1.28. The summed E-state index contributed by atoms with van der Waals surface area (Å²) in [5, 5.41) is 0.0488. The van der Waals surface area contributed by atoms with Gasteiger partial charge in [0.25, 0.3) is 0 Å². The fraction of sp³-hybridized carbons (Fsp3) is 0.433. The predicted octanol–water partition coefficient (Wildman–Crippen LogP) is 6.84. The zero-order valence-corrected chi connectivity index (χ0v) is 24.4. The lowest BCUT2D eigenvalue weighted by molar-refractivity contribution is 0.102. The van der Waals surface area contributed by atoms with Gasteiger partial charge in [-0.15, -0.1) is 0 Å². The summed E-state index contributed by atoms with van der Waals surface area (Å²) in [6.07, 6.45) is 3.64. The van der Waals surface area contributed by atoms with Crippen molar-refractivity contribution < 1.29 is 23.1 Å². The molecule has 3 aromatic rings. The Morgan fingerprint density at radius 2 is 1.77 bits per heavy atom. The molecule has 0 aliphatic carbocycles. The highest BCUT2D eigenvalue weighted by atomic mass is 28.4. The minimum absolute atomic E-state index is 0.0488. The Hall–Kier alpha value is -3.30. The van der Waals surface area contributed by atoms with E-state index in [2.05, 4.69) is 43.8 Å². The number of rotatable bonds is 9. The molecule has 0 saturated carbocycles. The molecule has 0 bridgehead atoms. The highest BCUT2D eigenvalue weighted by Crippen LogP contribution is 2.37. The lowest BCUT2D eigenvalue weighted by Gasteiger charge is -2.36. The third-order valence-corrected chi connectivity index (χ3v) is 12.1. The number of benzene rings is 2. The number of amides is 1. The van der Waals surface area contributed by atoms with E-state index in [4.69, 9.17) is 13.9 Å². The molecular formula is C30H38FN3O4Si. The van der Waals surface area contributed by atoms with Gasteiger partial charge in [-0.3, -0.25) is 0 Å². The third kappa shape index (κ3) is 7.42. The van der Waals surface area contributed by atoms with E-state index in [0.29, 0.717) is 36.4 Å². The second kappa shape index (κ2) is 12.3. The molecule has 4 rings (SSSR count). The lowest BCUT2D eigenvalue weighted by atomic mass is 10.1. The van der Waals surface area contributed by atoms with Crippen LogP contribution in [-0.2, 0) is 22.4 Å². The first-order valence-electron chi connectivity index (χ1n) is 13.4.